The molecular weight excluding hydrogens is 180 g/mol. The monoisotopic (exact) mass is 200 g/mol. The quantitative estimate of drug-likeness (QED) is 0.690. The van der Waals surface area contributed by atoms with Crippen LogP contribution in [0.1, 0.15) is 19.8 Å². The van der Waals surface area contributed by atoms with Gasteiger partial charge in [0.15, 0.2) is 0 Å². The lowest BCUT2D eigenvalue weighted by molar-refractivity contribution is -0.130. The fourth-order valence-corrected chi connectivity index (χ4v) is 1.80. The number of hydrogen-bond donors (Lipinski definition) is 1. The van der Waals surface area contributed by atoms with Crippen LogP contribution in [0.5, 0.6) is 0 Å². The van der Waals surface area contributed by atoms with Crippen molar-refractivity contribution in [2.24, 2.45) is 0 Å². The van der Waals surface area contributed by atoms with E-state index in [1.54, 1.807) is 4.90 Å². The van der Waals surface area contributed by atoms with Crippen LogP contribution in [-0.2, 0) is 4.79 Å². The molecule has 4 heteroatoms. The minimum absolute atomic E-state index is 0.0267. The van der Waals surface area contributed by atoms with Crippen molar-refractivity contribution in [2.75, 3.05) is 27.2 Å². The first kappa shape index (κ1) is 11.5. The van der Waals surface area contributed by atoms with Crippen molar-refractivity contribution in [1.29, 1.82) is 0 Å². The van der Waals surface area contributed by atoms with E-state index in [0.29, 0.717) is 6.54 Å². The van der Waals surface area contributed by atoms with E-state index in [9.17, 15) is 9.90 Å². The van der Waals surface area contributed by atoms with Crippen molar-refractivity contribution in [2.45, 2.75) is 31.9 Å². The van der Waals surface area contributed by atoms with Crippen LogP contribution >= 0.6 is 0 Å². The van der Waals surface area contributed by atoms with Crippen LogP contribution < -0.4 is 0 Å². The number of carbonyl (C=O) groups excluding carboxylic acids is 1. The van der Waals surface area contributed by atoms with Crippen LogP contribution in [0, 0.1) is 0 Å². The van der Waals surface area contributed by atoms with Gasteiger partial charge in [-0.3, -0.25) is 9.69 Å². The molecule has 4 nitrogen and oxygen atoms in total. The smallest absolute Gasteiger partial charge is 0.239 e. The molecule has 0 spiro atoms. The van der Waals surface area contributed by atoms with Crippen molar-refractivity contribution < 1.29 is 9.90 Å². The molecule has 0 saturated carbocycles. The molecule has 1 N–H and O–H groups in total. The van der Waals surface area contributed by atoms with E-state index in [0.717, 1.165) is 19.4 Å². The highest BCUT2D eigenvalue weighted by atomic mass is 16.3. The van der Waals surface area contributed by atoms with E-state index in [1.165, 1.54) is 0 Å². The number of likely N-dealkylation sites (tertiary alicyclic amines) is 1. The van der Waals surface area contributed by atoms with Crippen LogP contribution in [0.3, 0.4) is 0 Å². The molecule has 0 unspecified atom stereocenters. The Morgan fingerprint density at radius 2 is 2.36 bits per heavy atom. The Hall–Kier alpha value is -0.610. The topological polar surface area (TPSA) is 43.8 Å². The molecule has 0 aromatic rings. The Morgan fingerprint density at radius 3 is 2.79 bits per heavy atom. The van der Waals surface area contributed by atoms with E-state index in [2.05, 4.69) is 0 Å². The van der Waals surface area contributed by atoms with Crippen LogP contribution in [0.15, 0.2) is 0 Å². The summed E-state index contributed by atoms with van der Waals surface area (Å²) in [5.74, 6) is 0.177. The van der Waals surface area contributed by atoms with E-state index >= 15 is 0 Å². The molecular formula is C10H20N2O2. The van der Waals surface area contributed by atoms with Crippen LogP contribution in [0.2, 0.25) is 0 Å². The van der Waals surface area contributed by atoms with Gasteiger partial charge in [-0.25, -0.2) is 0 Å². The maximum absolute atomic E-state index is 11.6. The number of rotatable bonds is 4. The molecule has 0 radical (unpaired) electrons. The second-order valence-corrected chi connectivity index (χ2v) is 4.07. The first-order chi connectivity index (χ1) is 6.56. The first-order valence-corrected chi connectivity index (χ1v) is 5.19. The Morgan fingerprint density at radius 1 is 1.71 bits per heavy atom. The minimum Gasteiger partial charge on any atom is -0.392 e. The molecule has 1 saturated heterocycles. The number of aliphatic hydroxyl groups excluding tert-OH is 1. The molecule has 0 aromatic heterocycles. The predicted molar refractivity (Wildman–Crippen MR) is 55.0 cm³/mol. The van der Waals surface area contributed by atoms with Gasteiger partial charge in [0, 0.05) is 20.1 Å². The Kier molecular flexibility index (Phi) is 3.89. The molecule has 0 aromatic carbocycles. The molecule has 2 atom stereocenters. The third-order valence-corrected chi connectivity index (χ3v) is 2.90. The SMILES string of the molecule is CC[C@H](O)CN(C)[C@H]1CCN(C)C1=O. The number of aliphatic hydroxyl groups is 1. The normalized spacial score (nSPS) is 24.8. The number of amides is 1. The maximum atomic E-state index is 11.6. The zero-order valence-corrected chi connectivity index (χ0v) is 9.23. The van der Waals surface area contributed by atoms with E-state index in [4.69, 9.17) is 0 Å². The third kappa shape index (κ3) is 2.45. The largest absolute Gasteiger partial charge is 0.392 e. The van der Waals surface area contributed by atoms with E-state index in [1.807, 2.05) is 25.9 Å². The fourth-order valence-electron chi connectivity index (χ4n) is 1.80. The number of hydrogen-bond acceptors (Lipinski definition) is 3. The summed E-state index contributed by atoms with van der Waals surface area (Å²) in [6.45, 7) is 3.36. The van der Waals surface area contributed by atoms with Gasteiger partial charge in [-0.15, -0.1) is 0 Å². The summed E-state index contributed by atoms with van der Waals surface area (Å²) in [4.78, 5) is 15.3. The molecule has 0 aliphatic carbocycles. The minimum atomic E-state index is -0.321. The highest BCUT2D eigenvalue weighted by molar-refractivity contribution is 5.83. The van der Waals surface area contributed by atoms with Crippen molar-refractivity contribution in [3.63, 3.8) is 0 Å². The number of likely N-dealkylation sites (N-methyl/N-ethyl adjacent to an activating group) is 2. The lowest BCUT2D eigenvalue weighted by Gasteiger charge is -2.24. The molecule has 1 amide bonds. The molecule has 1 fully saturated rings. The van der Waals surface area contributed by atoms with Gasteiger partial charge in [-0.2, -0.15) is 0 Å². The van der Waals surface area contributed by atoms with Crippen molar-refractivity contribution >= 4 is 5.91 Å². The summed E-state index contributed by atoms with van der Waals surface area (Å²) >= 11 is 0. The maximum Gasteiger partial charge on any atom is 0.239 e. The summed E-state index contributed by atoms with van der Waals surface area (Å²) in [6, 6.07) is -0.0267. The summed E-state index contributed by atoms with van der Waals surface area (Å²) in [6.07, 6.45) is 1.29. The molecule has 0 bridgehead atoms. The van der Waals surface area contributed by atoms with Crippen LogP contribution in [-0.4, -0.2) is 60.1 Å². The third-order valence-electron chi connectivity index (χ3n) is 2.90. The standard InChI is InChI=1S/C10H20N2O2/c1-4-8(13)7-12(3)9-5-6-11(2)10(9)14/h8-9,13H,4-7H2,1-3H3/t8-,9-/m0/s1. The zero-order chi connectivity index (χ0) is 10.7. The van der Waals surface area contributed by atoms with Gasteiger partial charge in [-0.05, 0) is 19.9 Å². The van der Waals surface area contributed by atoms with Gasteiger partial charge in [0.25, 0.3) is 0 Å². The zero-order valence-electron chi connectivity index (χ0n) is 9.23. The molecule has 1 rings (SSSR count). The van der Waals surface area contributed by atoms with Gasteiger partial charge in [-0.1, -0.05) is 6.92 Å². The summed E-state index contributed by atoms with van der Waals surface area (Å²) in [5, 5.41) is 9.47. The van der Waals surface area contributed by atoms with Gasteiger partial charge in [0.1, 0.15) is 0 Å². The Balaban J connectivity index is 2.45. The van der Waals surface area contributed by atoms with Crippen LogP contribution in [0.25, 0.3) is 0 Å². The second kappa shape index (κ2) is 4.75. The van der Waals surface area contributed by atoms with Crippen molar-refractivity contribution in [3.8, 4) is 0 Å². The van der Waals surface area contributed by atoms with E-state index < -0.39 is 0 Å². The molecule has 1 aliphatic heterocycles. The lowest BCUT2D eigenvalue weighted by Crippen LogP contribution is -2.42. The molecule has 14 heavy (non-hydrogen) atoms. The Bertz CT molecular complexity index is 208. The summed E-state index contributed by atoms with van der Waals surface area (Å²) in [5.41, 5.74) is 0. The number of carbonyl (C=O) groups is 1. The predicted octanol–water partition coefficient (Wildman–Crippen LogP) is -0.0802. The van der Waals surface area contributed by atoms with Crippen molar-refractivity contribution in [3.05, 3.63) is 0 Å². The van der Waals surface area contributed by atoms with Gasteiger partial charge in [0.05, 0.1) is 12.1 Å². The second-order valence-electron chi connectivity index (χ2n) is 4.07. The van der Waals surface area contributed by atoms with E-state index in [-0.39, 0.29) is 18.1 Å². The first-order valence-electron chi connectivity index (χ1n) is 5.19. The summed E-state index contributed by atoms with van der Waals surface area (Å²) < 4.78 is 0. The molecule has 1 heterocycles. The molecule has 1 aliphatic rings. The molecule has 82 valence electrons. The highest BCUT2D eigenvalue weighted by Crippen LogP contribution is 2.14. The van der Waals surface area contributed by atoms with Gasteiger partial charge < -0.3 is 10.0 Å². The average molecular weight is 200 g/mol. The Labute approximate surface area is 85.5 Å². The van der Waals surface area contributed by atoms with Crippen LogP contribution in [0.4, 0.5) is 0 Å². The lowest BCUT2D eigenvalue weighted by atomic mass is 10.2. The average Bonchev–Trinajstić information content (AvgIpc) is 2.47. The summed E-state index contributed by atoms with van der Waals surface area (Å²) in [7, 11) is 3.73. The van der Waals surface area contributed by atoms with Gasteiger partial charge >= 0.3 is 0 Å². The van der Waals surface area contributed by atoms with Gasteiger partial charge in [0.2, 0.25) is 5.91 Å². The number of nitrogens with zero attached hydrogens (tertiary/aromatic N) is 2. The highest BCUT2D eigenvalue weighted by Gasteiger charge is 2.32. The van der Waals surface area contributed by atoms with Crippen molar-refractivity contribution in [1.82, 2.24) is 9.80 Å². The fraction of sp³-hybridized carbons (Fsp3) is 0.900.